The summed E-state index contributed by atoms with van der Waals surface area (Å²) in [4.78, 5) is 12.3. The zero-order valence-electron chi connectivity index (χ0n) is 6.53. The van der Waals surface area contributed by atoms with Gasteiger partial charge in [-0.1, -0.05) is 0 Å². The molecule has 0 saturated carbocycles. The van der Waals surface area contributed by atoms with Gasteiger partial charge in [-0.05, 0) is 13.8 Å². The maximum Gasteiger partial charge on any atom is 0.243 e. The fraction of sp³-hybridized carbons (Fsp3) is 0.833. The predicted octanol–water partition coefficient (Wildman–Crippen LogP) is -1.58. The number of carbonyl (C=O) groups is 1. The molecule has 1 amide bonds. The summed E-state index contributed by atoms with van der Waals surface area (Å²) in [5, 5.41) is 20.2. The first kappa shape index (κ1) is 8.45. The lowest BCUT2D eigenvalue weighted by Crippen LogP contribution is -2.46. The number of hydrogen-bond donors (Lipinski definition) is 3. The van der Waals surface area contributed by atoms with Crippen LogP contribution in [0.25, 0.3) is 0 Å². The molecule has 1 saturated heterocycles. The standard InChI is InChI=1S/C6H12N2O3/c1-6(2)4(10)7-5(11)8(6)3-9/h5,9,11H,3H2,1-2H3,(H,7,10). The maximum atomic E-state index is 11.1. The van der Waals surface area contributed by atoms with Gasteiger partial charge in [0.15, 0.2) is 6.35 Å². The van der Waals surface area contributed by atoms with Gasteiger partial charge in [0.05, 0.1) is 0 Å². The van der Waals surface area contributed by atoms with Crippen LogP contribution in [0.3, 0.4) is 0 Å². The molecule has 5 nitrogen and oxygen atoms in total. The maximum absolute atomic E-state index is 11.1. The highest BCUT2D eigenvalue weighted by molar-refractivity contribution is 5.87. The number of nitrogens with one attached hydrogen (secondary N) is 1. The second-order valence-corrected chi connectivity index (χ2v) is 3.02. The Hall–Kier alpha value is -0.650. The molecule has 1 heterocycles. The fourth-order valence-electron chi connectivity index (χ4n) is 1.06. The summed E-state index contributed by atoms with van der Waals surface area (Å²) in [7, 11) is 0. The van der Waals surface area contributed by atoms with E-state index in [1.165, 1.54) is 4.90 Å². The van der Waals surface area contributed by atoms with Gasteiger partial charge < -0.3 is 15.5 Å². The van der Waals surface area contributed by atoms with Crippen LogP contribution in [-0.4, -0.2) is 39.6 Å². The molecular formula is C6H12N2O3. The lowest BCUT2D eigenvalue weighted by atomic mass is 10.1. The average molecular weight is 160 g/mol. The van der Waals surface area contributed by atoms with E-state index >= 15 is 0 Å². The van der Waals surface area contributed by atoms with Crippen molar-refractivity contribution in [3.63, 3.8) is 0 Å². The highest BCUT2D eigenvalue weighted by Gasteiger charge is 2.45. The Morgan fingerprint density at radius 2 is 2.27 bits per heavy atom. The number of amides is 1. The first-order chi connectivity index (χ1) is 5.00. The second kappa shape index (κ2) is 2.44. The number of nitrogens with zero attached hydrogens (tertiary/aromatic N) is 1. The van der Waals surface area contributed by atoms with Gasteiger partial charge >= 0.3 is 0 Å². The molecule has 0 bridgehead atoms. The minimum absolute atomic E-state index is 0.279. The van der Waals surface area contributed by atoms with Crippen LogP contribution in [0.2, 0.25) is 0 Å². The smallest absolute Gasteiger partial charge is 0.243 e. The monoisotopic (exact) mass is 160 g/mol. The molecule has 1 unspecified atom stereocenters. The summed E-state index contributed by atoms with van der Waals surface area (Å²) in [5.41, 5.74) is -0.825. The van der Waals surface area contributed by atoms with Crippen LogP contribution >= 0.6 is 0 Å². The molecule has 0 spiro atoms. The number of carbonyl (C=O) groups excluding carboxylic acids is 1. The molecular weight excluding hydrogens is 148 g/mol. The predicted molar refractivity (Wildman–Crippen MR) is 37.2 cm³/mol. The molecule has 0 aliphatic carbocycles. The number of aliphatic hydroxyl groups excluding tert-OH is 2. The summed E-state index contributed by atoms with van der Waals surface area (Å²) in [5.74, 6) is -0.279. The minimum atomic E-state index is -1.07. The highest BCUT2D eigenvalue weighted by atomic mass is 16.3. The van der Waals surface area contributed by atoms with Crippen LogP contribution in [-0.2, 0) is 4.79 Å². The van der Waals surface area contributed by atoms with E-state index in [2.05, 4.69) is 5.32 Å². The van der Waals surface area contributed by atoms with Gasteiger partial charge in [0.2, 0.25) is 5.91 Å². The van der Waals surface area contributed by atoms with Crippen LogP contribution in [0.1, 0.15) is 13.8 Å². The van der Waals surface area contributed by atoms with E-state index in [9.17, 15) is 4.79 Å². The third-order valence-electron chi connectivity index (χ3n) is 1.98. The van der Waals surface area contributed by atoms with Crippen molar-refractivity contribution < 1.29 is 15.0 Å². The van der Waals surface area contributed by atoms with Crippen LogP contribution in [0.15, 0.2) is 0 Å². The molecule has 3 N–H and O–H groups in total. The summed E-state index contributed by atoms with van der Waals surface area (Å²) in [6, 6.07) is 0. The molecule has 1 rings (SSSR count). The Kier molecular flexibility index (Phi) is 1.87. The SMILES string of the molecule is CC1(C)C(=O)NC(O)N1CO. The van der Waals surface area contributed by atoms with Gasteiger partial charge in [-0.3, -0.25) is 4.79 Å². The van der Waals surface area contributed by atoms with Crippen molar-refractivity contribution in [3.05, 3.63) is 0 Å². The van der Waals surface area contributed by atoms with Crippen molar-refractivity contribution in [2.75, 3.05) is 6.73 Å². The average Bonchev–Trinajstić information content (AvgIpc) is 2.04. The minimum Gasteiger partial charge on any atom is -0.381 e. The molecule has 1 fully saturated rings. The van der Waals surface area contributed by atoms with Crippen molar-refractivity contribution in [3.8, 4) is 0 Å². The van der Waals surface area contributed by atoms with E-state index in [0.29, 0.717) is 0 Å². The van der Waals surface area contributed by atoms with E-state index in [-0.39, 0.29) is 12.6 Å². The molecule has 5 heteroatoms. The summed E-state index contributed by atoms with van der Waals surface area (Å²) < 4.78 is 0. The van der Waals surface area contributed by atoms with Gasteiger partial charge in [0.1, 0.15) is 12.3 Å². The number of aliphatic hydroxyl groups is 2. The third kappa shape index (κ3) is 1.11. The Labute approximate surface area is 64.6 Å². The first-order valence-electron chi connectivity index (χ1n) is 3.37. The summed E-state index contributed by atoms with van der Waals surface area (Å²) >= 11 is 0. The van der Waals surface area contributed by atoms with Gasteiger partial charge in [0, 0.05) is 0 Å². The second-order valence-electron chi connectivity index (χ2n) is 3.02. The third-order valence-corrected chi connectivity index (χ3v) is 1.98. The van der Waals surface area contributed by atoms with Crippen LogP contribution in [0.5, 0.6) is 0 Å². The van der Waals surface area contributed by atoms with Crippen molar-refractivity contribution in [2.24, 2.45) is 0 Å². The van der Waals surface area contributed by atoms with E-state index in [4.69, 9.17) is 10.2 Å². The van der Waals surface area contributed by atoms with Crippen LogP contribution in [0, 0.1) is 0 Å². The Morgan fingerprint density at radius 3 is 2.45 bits per heavy atom. The van der Waals surface area contributed by atoms with Gasteiger partial charge in [0.25, 0.3) is 0 Å². The molecule has 64 valence electrons. The Morgan fingerprint density at radius 1 is 1.73 bits per heavy atom. The van der Waals surface area contributed by atoms with Gasteiger partial charge in [-0.25, -0.2) is 4.90 Å². The number of rotatable bonds is 1. The quantitative estimate of drug-likeness (QED) is 0.433. The fourth-order valence-corrected chi connectivity index (χ4v) is 1.06. The van der Waals surface area contributed by atoms with Gasteiger partial charge in [-0.2, -0.15) is 0 Å². The highest BCUT2D eigenvalue weighted by Crippen LogP contribution is 2.20. The molecule has 11 heavy (non-hydrogen) atoms. The first-order valence-corrected chi connectivity index (χ1v) is 3.37. The Balaban J connectivity index is 2.84. The van der Waals surface area contributed by atoms with E-state index in [1.54, 1.807) is 13.8 Å². The van der Waals surface area contributed by atoms with E-state index in [1.807, 2.05) is 0 Å². The normalized spacial score (nSPS) is 30.5. The van der Waals surface area contributed by atoms with Crippen molar-refractivity contribution in [1.29, 1.82) is 0 Å². The number of hydrogen-bond acceptors (Lipinski definition) is 4. The van der Waals surface area contributed by atoms with Crippen molar-refractivity contribution in [1.82, 2.24) is 10.2 Å². The molecule has 1 atom stereocenters. The molecule has 1 aliphatic heterocycles. The van der Waals surface area contributed by atoms with E-state index < -0.39 is 11.9 Å². The lowest BCUT2D eigenvalue weighted by Gasteiger charge is -2.27. The summed E-state index contributed by atoms with van der Waals surface area (Å²) in [6.45, 7) is 2.93. The largest absolute Gasteiger partial charge is 0.381 e. The Bertz CT molecular complexity index is 181. The zero-order valence-corrected chi connectivity index (χ0v) is 6.53. The zero-order chi connectivity index (χ0) is 8.65. The van der Waals surface area contributed by atoms with Crippen LogP contribution < -0.4 is 5.32 Å². The molecule has 0 aromatic rings. The topological polar surface area (TPSA) is 72.8 Å². The van der Waals surface area contributed by atoms with Crippen molar-refractivity contribution >= 4 is 5.91 Å². The molecule has 1 aliphatic rings. The van der Waals surface area contributed by atoms with Crippen LogP contribution in [0.4, 0.5) is 0 Å². The van der Waals surface area contributed by atoms with Crippen molar-refractivity contribution in [2.45, 2.75) is 25.7 Å². The van der Waals surface area contributed by atoms with Gasteiger partial charge in [-0.15, -0.1) is 0 Å². The lowest BCUT2D eigenvalue weighted by molar-refractivity contribution is -0.126. The molecule has 0 aromatic heterocycles. The molecule has 0 radical (unpaired) electrons. The van der Waals surface area contributed by atoms with E-state index in [0.717, 1.165) is 0 Å². The summed E-state index contributed by atoms with van der Waals surface area (Å²) in [6.07, 6.45) is -1.07. The molecule has 0 aromatic carbocycles.